The van der Waals surface area contributed by atoms with Crippen molar-refractivity contribution >= 4 is 27.7 Å². The van der Waals surface area contributed by atoms with Gasteiger partial charge in [-0.05, 0) is 43.0 Å². The number of carbonyl (C=O) groups excluding carboxylic acids is 2. The second kappa shape index (κ2) is 10.9. The molecule has 144 valence electrons. The Labute approximate surface area is 170 Å². The maximum Gasteiger partial charge on any atom is 0.242 e. The predicted molar refractivity (Wildman–Crippen MR) is 112 cm³/mol. The Bertz CT molecular complexity index is 732. The molecule has 0 saturated heterocycles. The van der Waals surface area contributed by atoms with Gasteiger partial charge in [0.2, 0.25) is 11.8 Å². The van der Waals surface area contributed by atoms with Crippen LogP contribution in [0.1, 0.15) is 37.8 Å². The Morgan fingerprint density at radius 2 is 1.70 bits per heavy atom. The maximum atomic E-state index is 12.9. The van der Waals surface area contributed by atoms with Crippen LogP contribution in [0.15, 0.2) is 59.1 Å². The lowest BCUT2D eigenvalue weighted by Crippen LogP contribution is -2.47. The first kappa shape index (κ1) is 21.2. The topological polar surface area (TPSA) is 49.4 Å². The third-order valence-corrected chi connectivity index (χ3v) is 4.98. The Hall–Kier alpha value is -2.14. The molecule has 5 heteroatoms. The second-order valence-electron chi connectivity index (χ2n) is 6.60. The van der Waals surface area contributed by atoms with Crippen molar-refractivity contribution in [3.8, 4) is 0 Å². The highest BCUT2D eigenvalue weighted by Crippen LogP contribution is 2.16. The number of nitrogens with zero attached hydrogens (tertiary/aromatic N) is 1. The summed E-state index contributed by atoms with van der Waals surface area (Å²) in [6, 6.07) is 17.3. The number of nitrogens with one attached hydrogen (secondary N) is 1. The van der Waals surface area contributed by atoms with Gasteiger partial charge in [0.1, 0.15) is 6.04 Å². The molecular formula is C22H27BrN2O2. The molecule has 2 rings (SSSR count). The molecule has 0 aromatic heterocycles. The van der Waals surface area contributed by atoms with Crippen LogP contribution in [0.25, 0.3) is 0 Å². The largest absolute Gasteiger partial charge is 0.354 e. The first-order valence-corrected chi connectivity index (χ1v) is 10.2. The molecule has 27 heavy (non-hydrogen) atoms. The molecular weight excluding hydrogens is 404 g/mol. The minimum atomic E-state index is -0.511. The third kappa shape index (κ3) is 6.83. The quantitative estimate of drug-likeness (QED) is 0.643. The molecule has 1 N–H and O–H groups in total. The van der Waals surface area contributed by atoms with Gasteiger partial charge in [-0.15, -0.1) is 0 Å². The van der Waals surface area contributed by atoms with Crippen LogP contribution in [0.2, 0.25) is 0 Å². The van der Waals surface area contributed by atoms with Gasteiger partial charge in [0.25, 0.3) is 0 Å². The Morgan fingerprint density at radius 1 is 1.04 bits per heavy atom. The molecule has 0 aliphatic heterocycles. The van der Waals surface area contributed by atoms with Crippen LogP contribution in [0.5, 0.6) is 0 Å². The van der Waals surface area contributed by atoms with Crippen molar-refractivity contribution in [2.24, 2.45) is 0 Å². The highest BCUT2D eigenvalue weighted by atomic mass is 79.9. The monoisotopic (exact) mass is 430 g/mol. The van der Waals surface area contributed by atoms with E-state index in [-0.39, 0.29) is 11.8 Å². The van der Waals surface area contributed by atoms with Crippen LogP contribution in [-0.4, -0.2) is 29.3 Å². The number of amides is 2. The van der Waals surface area contributed by atoms with Crippen molar-refractivity contribution in [2.75, 3.05) is 6.54 Å². The van der Waals surface area contributed by atoms with Crippen LogP contribution in [0.3, 0.4) is 0 Å². The summed E-state index contributed by atoms with van der Waals surface area (Å²) in [5.41, 5.74) is 2.12. The fourth-order valence-electron chi connectivity index (χ4n) is 2.80. The molecule has 2 aromatic carbocycles. The highest BCUT2D eigenvalue weighted by Gasteiger charge is 2.25. The van der Waals surface area contributed by atoms with Crippen molar-refractivity contribution in [3.05, 3.63) is 70.2 Å². The summed E-state index contributed by atoms with van der Waals surface area (Å²) in [4.78, 5) is 27.1. The number of hydrogen-bond acceptors (Lipinski definition) is 2. The summed E-state index contributed by atoms with van der Waals surface area (Å²) in [5, 5.41) is 2.90. The molecule has 2 amide bonds. The van der Waals surface area contributed by atoms with Crippen LogP contribution in [-0.2, 0) is 22.6 Å². The highest BCUT2D eigenvalue weighted by molar-refractivity contribution is 9.10. The van der Waals surface area contributed by atoms with E-state index in [1.807, 2.05) is 61.5 Å². The minimum Gasteiger partial charge on any atom is -0.354 e. The summed E-state index contributed by atoms with van der Waals surface area (Å²) in [6.07, 6.45) is 1.92. The van der Waals surface area contributed by atoms with Crippen LogP contribution in [0.4, 0.5) is 0 Å². The van der Waals surface area contributed by atoms with Crippen molar-refractivity contribution in [3.63, 3.8) is 0 Å². The van der Waals surface area contributed by atoms with Gasteiger partial charge >= 0.3 is 0 Å². The molecule has 0 unspecified atom stereocenters. The molecule has 0 spiro atoms. The van der Waals surface area contributed by atoms with Gasteiger partial charge in [-0.25, -0.2) is 0 Å². The summed E-state index contributed by atoms with van der Waals surface area (Å²) in [5.74, 6) is -0.122. The lowest BCUT2D eigenvalue weighted by atomic mass is 10.1. The number of carbonyl (C=O) groups is 2. The molecule has 0 fully saturated rings. The van der Waals surface area contributed by atoms with Gasteiger partial charge < -0.3 is 10.2 Å². The van der Waals surface area contributed by atoms with Gasteiger partial charge in [0.05, 0.1) is 0 Å². The molecule has 0 aliphatic carbocycles. The number of benzene rings is 2. The molecule has 0 bridgehead atoms. The number of halogens is 1. The first-order valence-electron chi connectivity index (χ1n) is 9.36. The van der Waals surface area contributed by atoms with E-state index in [0.29, 0.717) is 25.9 Å². The van der Waals surface area contributed by atoms with E-state index in [0.717, 1.165) is 22.0 Å². The van der Waals surface area contributed by atoms with Gasteiger partial charge in [-0.3, -0.25) is 9.59 Å². The fourth-order valence-corrected chi connectivity index (χ4v) is 3.07. The van der Waals surface area contributed by atoms with E-state index >= 15 is 0 Å². The van der Waals surface area contributed by atoms with Crippen LogP contribution in [0, 0.1) is 0 Å². The number of aryl methyl sites for hydroxylation is 1. The van der Waals surface area contributed by atoms with Crippen LogP contribution >= 0.6 is 15.9 Å². The zero-order valence-corrected chi connectivity index (χ0v) is 17.5. The fraction of sp³-hybridized carbons (Fsp3) is 0.364. The Balaban J connectivity index is 2.10. The van der Waals surface area contributed by atoms with Crippen molar-refractivity contribution in [2.45, 2.75) is 45.7 Å². The lowest BCUT2D eigenvalue weighted by molar-refractivity contribution is -0.140. The lowest BCUT2D eigenvalue weighted by Gasteiger charge is -2.29. The smallest absolute Gasteiger partial charge is 0.242 e. The van der Waals surface area contributed by atoms with Gasteiger partial charge in [-0.2, -0.15) is 0 Å². The average molecular weight is 431 g/mol. The molecule has 0 radical (unpaired) electrons. The normalized spacial score (nSPS) is 11.7. The van der Waals surface area contributed by atoms with Crippen molar-refractivity contribution < 1.29 is 9.59 Å². The molecule has 1 atom stereocenters. The number of rotatable bonds is 9. The third-order valence-electron chi connectivity index (χ3n) is 4.45. The number of hydrogen-bond donors (Lipinski definition) is 1. The van der Waals surface area contributed by atoms with Gasteiger partial charge in [0.15, 0.2) is 0 Å². The van der Waals surface area contributed by atoms with Gasteiger partial charge in [-0.1, -0.05) is 65.3 Å². The summed E-state index contributed by atoms with van der Waals surface area (Å²) < 4.78 is 0.988. The van der Waals surface area contributed by atoms with E-state index in [4.69, 9.17) is 0 Å². The zero-order valence-electron chi connectivity index (χ0n) is 16.0. The summed E-state index contributed by atoms with van der Waals surface area (Å²) in [7, 11) is 0. The van der Waals surface area contributed by atoms with Crippen molar-refractivity contribution in [1.29, 1.82) is 0 Å². The van der Waals surface area contributed by atoms with E-state index < -0.39 is 6.04 Å². The standard InChI is InChI=1S/C22H27BrN2O2/c1-3-15-24-22(27)17(2)25(16-19-9-12-20(23)13-10-19)21(26)14-11-18-7-5-4-6-8-18/h4-10,12-13,17H,3,11,14-16H2,1-2H3,(H,24,27)/t17-/m0/s1. The van der Waals surface area contributed by atoms with Crippen molar-refractivity contribution in [1.82, 2.24) is 10.2 Å². The van der Waals surface area contributed by atoms with Gasteiger partial charge in [0, 0.05) is 24.0 Å². The van der Waals surface area contributed by atoms with E-state index in [2.05, 4.69) is 21.2 Å². The van der Waals surface area contributed by atoms with E-state index in [9.17, 15) is 9.59 Å². The molecule has 0 heterocycles. The Morgan fingerprint density at radius 3 is 2.33 bits per heavy atom. The second-order valence-corrected chi connectivity index (χ2v) is 7.52. The summed E-state index contributed by atoms with van der Waals surface area (Å²) in [6.45, 7) is 4.84. The molecule has 0 saturated carbocycles. The summed E-state index contributed by atoms with van der Waals surface area (Å²) >= 11 is 3.43. The predicted octanol–water partition coefficient (Wildman–Crippen LogP) is 4.33. The van der Waals surface area contributed by atoms with E-state index in [1.54, 1.807) is 11.8 Å². The molecule has 4 nitrogen and oxygen atoms in total. The zero-order chi connectivity index (χ0) is 19.6. The SMILES string of the molecule is CCCNC(=O)[C@H](C)N(Cc1ccc(Br)cc1)C(=O)CCc1ccccc1. The van der Waals surface area contributed by atoms with Crippen LogP contribution < -0.4 is 5.32 Å². The average Bonchev–Trinajstić information content (AvgIpc) is 2.70. The minimum absolute atomic E-state index is 0.0130. The molecule has 0 aliphatic rings. The first-order chi connectivity index (χ1) is 13.0. The Kier molecular flexibility index (Phi) is 8.52. The van der Waals surface area contributed by atoms with E-state index in [1.165, 1.54) is 0 Å². The molecule has 2 aromatic rings. The maximum absolute atomic E-state index is 12.9.